The first-order chi connectivity index (χ1) is 8.29. The topological polar surface area (TPSA) is 61.0 Å². The van der Waals surface area contributed by atoms with Crippen molar-refractivity contribution in [1.29, 1.82) is 0 Å². The van der Waals surface area contributed by atoms with Crippen LogP contribution in [0.2, 0.25) is 0 Å². The van der Waals surface area contributed by atoms with Gasteiger partial charge in [0.05, 0.1) is 16.8 Å². The average Bonchev–Trinajstić information content (AvgIpc) is 2.70. The fourth-order valence-electron chi connectivity index (χ4n) is 1.89. The molecule has 0 bridgehead atoms. The molecule has 17 heavy (non-hydrogen) atoms. The lowest BCUT2D eigenvalue weighted by Crippen LogP contribution is -1.93. The number of nitrogens with zero attached hydrogens (tertiary/aromatic N) is 2. The number of fused-ring (bicyclic) bond motifs is 3. The molecule has 0 aliphatic carbocycles. The molecule has 2 N–H and O–H groups in total. The maximum atomic E-state index is 5.75. The largest absolute Gasteiger partial charge is 0.492 e. The van der Waals surface area contributed by atoms with Gasteiger partial charge in [-0.05, 0) is 19.1 Å². The van der Waals surface area contributed by atoms with E-state index in [0.717, 1.165) is 26.9 Å². The normalized spacial score (nSPS) is 11.1. The number of ether oxygens (including phenoxy) is 1. The van der Waals surface area contributed by atoms with Crippen molar-refractivity contribution >= 4 is 37.6 Å². The summed E-state index contributed by atoms with van der Waals surface area (Å²) >= 11 is 1.47. The highest BCUT2D eigenvalue weighted by molar-refractivity contribution is 7.22. The molecule has 0 aliphatic heterocycles. The molecule has 2 aromatic heterocycles. The molecule has 0 aliphatic rings. The molecule has 3 aromatic rings. The van der Waals surface area contributed by atoms with Crippen molar-refractivity contribution in [3.63, 3.8) is 0 Å². The van der Waals surface area contributed by atoms with E-state index in [9.17, 15) is 0 Å². The van der Waals surface area contributed by atoms with Crippen LogP contribution in [0, 0.1) is 0 Å². The fourth-order valence-corrected chi connectivity index (χ4v) is 2.67. The van der Waals surface area contributed by atoms with Crippen LogP contribution < -0.4 is 10.5 Å². The van der Waals surface area contributed by atoms with E-state index < -0.39 is 0 Å². The Labute approximate surface area is 102 Å². The highest BCUT2D eigenvalue weighted by atomic mass is 32.1. The first-order valence-electron chi connectivity index (χ1n) is 5.36. The van der Waals surface area contributed by atoms with Crippen molar-refractivity contribution < 1.29 is 4.74 Å². The fraction of sp³-hybridized carbons (Fsp3) is 0.167. The molecule has 0 atom stereocenters. The minimum atomic E-state index is 0.568. The van der Waals surface area contributed by atoms with Gasteiger partial charge < -0.3 is 10.5 Å². The summed E-state index contributed by atoms with van der Waals surface area (Å²) in [6.07, 6.45) is 1.76. The van der Waals surface area contributed by atoms with Crippen molar-refractivity contribution in [3.05, 3.63) is 24.4 Å². The van der Waals surface area contributed by atoms with Crippen molar-refractivity contribution in [3.8, 4) is 5.75 Å². The molecule has 0 spiro atoms. The van der Waals surface area contributed by atoms with Gasteiger partial charge in [0.2, 0.25) is 0 Å². The van der Waals surface area contributed by atoms with Crippen LogP contribution in [0.4, 0.5) is 5.13 Å². The molecule has 0 fully saturated rings. The SMILES string of the molecule is CCOc1cc2sc(N)nc2c2cccnc12. The van der Waals surface area contributed by atoms with Crippen molar-refractivity contribution in [2.24, 2.45) is 0 Å². The molecular weight excluding hydrogens is 234 g/mol. The number of hydrogen-bond donors (Lipinski definition) is 1. The van der Waals surface area contributed by atoms with E-state index >= 15 is 0 Å². The van der Waals surface area contributed by atoms with Gasteiger partial charge in [-0.3, -0.25) is 4.98 Å². The quantitative estimate of drug-likeness (QED) is 0.754. The zero-order valence-corrected chi connectivity index (χ0v) is 10.1. The lowest BCUT2D eigenvalue weighted by Gasteiger charge is -2.06. The third-order valence-corrected chi connectivity index (χ3v) is 3.36. The monoisotopic (exact) mass is 245 g/mol. The van der Waals surface area contributed by atoms with Crippen LogP contribution in [0.15, 0.2) is 24.4 Å². The van der Waals surface area contributed by atoms with Crippen LogP contribution in [-0.4, -0.2) is 16.6 Å². The maximum absolute atomic E-state index is 5.75. The Kier molecular flexibility index (Phi) is 2.33. The van der Waals surface area contributed by atoms with Gasteiger partial charge >= 0.3 is 0 Å². The number of pyridine rings is 1. The van der Waals surface area contributed by atoms with Crippen LogP contribution in [0.5, 0.6) is 5.75 Å². The summed E-state index contributed by atoms with van der Waals surface area (Å²) in [5, 5.41) is 1.56. The molecule has 0 radical (unpaired) electrons. The molecule has 4 nitrogen and oxygen atoms in total. The highest BCUT2D eigenvalue weighted by Crippen LogP contribution is 2.35. The Balaban J connectivity index is 2.45. The number of rotatable bonds is 2. The second-order valence-electron chi connectivity index (χ2n) is 3.61. The van der Waals surface area contributed by atoms with Gasteiger partial charge in [0.25, 0.3) is 0 Å². The minimum Gasteiger partial charge on any atom is -0.492 e. The number of nitrogen functional groups attached to an aromatic ring is 1. The van der Waals surface area contributed by atoms with Crippen molar-refractivity contribution in [2.45, 2.75) is 6.92 Å². The van der Waals surface area contributed by atoms with Crippen molar-refractivity contribution in [2.75, 3.05) is 12.3 Å². The summed E-state index contributed by atoms with van der Waals surface area (Å²) in [7, 11) is 0. The number of anilines is 1. The van der Waals surface area contributed by atoms with E-state index in [1.54, 1.807) is 6.20 Å². The summed E-state index contributed by atoms with van der Waals surface area (Å²) in [6, 6.07) is 5.85. The molecule has 5 heteroatoms. The predicted molar refractivity (Wildman–Crippen MR) is 70.5 cm³/mol. The molecule has 3 rings (SSSR count). The van der Waals surface area contributed by atoms with Gasteiger partial charge in [-0.15, -0.1) is 0 Å². The second-order valence-corrected chi connectivity index (χ2v) is 4.67. The molecule has 0 saturated carbocycles. The zero-order chi connectivity index (χ0) is 11.8. The van der Waals surface area contributed by atoms with Gasteiger partial charge in [0.15, 0.2) is 5.13 Å². The van der Waals surface area contributed by atoms with Gasteiger partial charge in [-0.1, -0.05) is 11.3 Å². The van der Waals surface area contributed by atoms with Gasteiger partial charge in [-0.25, -0.2) is 4.98 Å². The van der Waals surface area contributed by atoms with E-state index in [-0.39, 0.29) is 0 Å². The summed E-state index contributed by atoms with van der Waals surface area (Å²) in [5.41, 5.74) is 7.49. The zero-order valence-electron chi connectivity index (χ0n) is 9.30. The highest BCUT2D eigenvalue weighted by Gasteiger charge is 2.11. The predicted octanol–water partition coefficient (Wildman–Crippen LogP) is 2.83. The molecule has 1 aromatic carbocycles. The number of nitrogens with two attached hydrogens (primary N) is 1. The average molecular weight is 245 g/mol. The van der Waals surface area contributed by atoms with Crippen molar-refractivity contribution in [1.82, 2.24) is 9.97 Å². The standard InChI is InChI=1S/C12H11N3OS/c1-2-16-8-6-9-11(15-12(13)17-9)7-4-3-5-14-10(7)8/h3-6H,2H2,1H3,(H2,13,15). The van der Waals surface area contributed by atoms with Gasteiger partial charge in [-0.2, -0.15) is 0 Å². The Bertz CT molecular complexity index is 693. The van der Waals surface area contributed by atoms with E-state index in [4.69, 9.17) is 10.5 Å². The van der Waals surface area contributed by atoms with E-state index in [1.165, 1.54) is 11.3 Å². The third kappa shape index (κ3) is 1.59. The smallest absolute Gasteiger partial charge is 0.181 e. The Morgan fingerprint density at radius 2 is 2.29 bits per heavy atom. The molecule has 2 heterocycles. The number of aromatic nitrogens is 2. The summed E-state index contributed by atoms with van der Waals surface area (Å²) in [5.74, 6) is 0.791. The Morgan fingerprint density at radius 1 is 1.41 bits per heavy atom. The molecule has 0 saturated heterocycles. The summed E-state index contributed by atoms with van der Waals surface area (Å²) in [4.78, 5) is 8.70. The second kappa shape index (κ2) is 3.85. The summed E-state index contributed by atoms with van der Waals surface area (Å²) in [6.45, 7) is 2.57. The molecule has 86 valence electrons. The maximum Gasteiger partial charge on any atom is 0.181 e. The first kappa shape index (κ1) is 10.3. The van der Waals surface area contributed by atoms with Crippen LogP contribution in [-0.2, 0) is 0 Å². The Morgan fingerprint density at radius 3 is 3.12 bits per heavy atom. The first-order valence-corrected chi connectivity index (χ1v) is 6.18. The van der Waals surface area contributed by atoms with Gasteiger partial charge in [0.1, 0.15) is 11.3 Å². The molecule has 0 unspecified atom stereocenters. The van der Waals surface area contributed by atoms with Gasteiger partial charge in [0, 0.05) is 17.6 Å². The van der Waals surface area contributed by atoms with Crippen LogP contribution in [0.3, 0.4) is 0 Å². The minimum absolute atomic E-state index is 0.568. The summed E-state index contributed by atoms with van der Waals surface area (Å²) < 4.78 is 6.65. The lowest BCUT2D eigenvalue weighted by molar-refractivity contribution is 0.344. The van der Waals surface area contributed by atoms with E-state index in [1.807, 2.05) is 25.1 Å². The van der Waals surface area contributed by atoms with E-state index in [2.05, 4.69) is 9.97 Å². The third-order valence-electron chi connectivity index (χ3n) is 2.53. The molecule has 0 amide bonds. The number of hydrogen-bond acceptors (Lipinski definition) is 5. The lowest BCUT2D eigenvalue weighted by atomic mass is 10.2. The number of benzene rings is 1. The van der Waals surface area contributed by atoms with Crippen LogP contribution in [0.1, 0.15) is 6.92 Å². The number of thiazole rings is 1. The van der Waals surface area contributed by atoms with Crippen LogP contribution >= 0.6 is 11.3 Å². The van der Waals surface area contributed by atoms with Crippen LogP contribution in [0.25, 0.3) is 21.1 Å². The Hall–Kier alpha value is -1.88. The molecular formula is C12H11N3OS. The van der Waals surface area contributed by atoms with E-state index in [0.29, 0.717) is 11.7 Å².